The third-order valence-corrected chi connectivity index (χ3v) is 6.78. The molecule has 2 rings (SSSR count). The van der Waals surface area contributed by atoms with Gasteiger partial charge in [-0.15, -0.1) is 10.2 Å². The number of nitrogens with one attached hydrogen (secondary N) is 2. The minimum absolute atomic E-state index is 0.00641. The van der Waals surface area contributed by atoms with Gasteiger partial charge >= 0.3 is 5.97 Å². The van der Waals surface area contributed by atoms with Crippen molar-refractivity contribution in [2.75, 3.05) is 36.5 Å². The fourth-order valence-electron chi connectivity index (χ4n) is 1.90. The lowest BCUT2D eigenvalue weighted by atomic mass is 10.3. The fourth-order valence-corrected chi connectivity index (χ4v) is 4.46. The highest BCUT2D eigenvalue weighted by atomic mass is 32.2. The predicted molar refractivity (Wildman–Crippen MR) is 106 cm³/mol. The maximum absolute atomic E-state index is 12.4. The summed E-state index contributed by atoms with van der Waals surface area (Å²) in [6.07, 6.45) is 0. The van der Waals surface area contributed by atoms with Crippen molar-refractivity contribution in [2.45, 2.75) is 9.24 Å². The summed E-state index contributed by atoms with van der Waals surface area (Å²) in [6.45, 7) is -0.762. The second-order valence-electron chi connectivity index (χ2n) is 5.60. The van der Waals surface area contributed by atoms with Crippen molar-refractivity contribution in [3.05, 3.63) is 24.3 Å². The number of nitrogens with zero attached hydrogens (tertiary/aromatic N) is 2. The zero-order chi connectivity index (χ0) is 23.1. The van der Waals surface area contributed by atoms with Crippen LogP contribution in [0.25, 0.3) is 0 Å². The largest absolute Gasteiger partial charge is 0.480 e. The number of benzene rings is 1. The lowest BCUT2D eigenvalue weighted by molar-refractivity contribution is -0.143. The summed E-state index contributed by atoms with van der Waals surface area (Å²) in [6, 6.07) is 5.08. The van der Waals surface area contributed by atoms with Gasteiger partial charge in [-0.25, -0.2) is 26.8 Å². The molecule has 0 aliphatic heterocycles. The van der Waals surface area contributed by atoms with E-state index in [1.54, 1.807) is 0 Å². The van der Waals surface area contributed by atoms with Crippen LogP contribution in [0.5, 0.6) is 0 Å². The number of primary sulfonamides is 1. The molecule has 5 N–H and O–H groups in total. The molecule has 0 aliphatic carbocycles. The summed E-state index contributed by atoms with van der Waals surface area (Å²) in [5.74, 6) is -1.63. The molecular formula is C14H17N5O9S3. The highest BCUT2D eigenvalue weighted by molar-refractivity contribution is 7.93. The number of hydrogen-bond donors (Lipinski definition) is 4. The number of sulfonamides is 2. The van der Waals surface area contributed by atoms with Gasteiger partial charge in [-0.1, -0.05) is 11.3 Å². The van der Waals surface area contributed by atoms with Crippen LogP contribution < -0.4 is 15.2 Å². The quantitative estimate of drug-likeness (QED) is 0.263. The monoisotopic (exact) mass is 495 g/mol. The lowest BCUT2D eigenvalue weighted by Gasteiger charge is -2.08. The number of ether oxygens (including phenoxy) is 2. The summed E-state index contributed by atoms with van der Waals surface area (Å²) in [5, 5.41) is 22.2. The number of carbonyl (C=O) groups excluding carboxylic acids is 1. The summed E-state index contributed by atoms with van der Waals surface area (Å²) in [5.41, 5.74) is 0.294. The van der Waals surface area contributed by atoms with E-state index >= 15 is 0 Å². The SMILES string of the molecule is NS(=O)(=O)c1nnc(NS(=O)(=O)c2ccc(NC(=O)COCCOCC(=O)O)cc2)s1. The van der Waals surface area contributed by atoms with E-state index in [4.69, 9.17) is 19.7 Å². The predicted octanol–water partition coefficient (Wildman–Crippen LogP) is -0.957. The van der Waals surface area contributed by atoms with Crippen LogP contribution in [-0.4, -0.2) is 70.4 Å². The van der Waals surface area contributed by atoms with Gasteiger partial charge in [-0.05, 0) is 24.3 Å². The van der Waals surface area contributed by atoms with Gasteiger partial charge in [0, 0.05) is 5.69 Å². The Labute approximate surface area is 180 Å². The van der Waals surface area contributed by atoms with Crippen LogP contribution in [0, 0.1) is 0 Å². The molecule has 0 spiro atoms. The molecule has 170 valence electrons. The Balaban J connectivity index is 1.87. The highest BCUT2D eigenvalue weighted by Crippen LogP contribution is 2.22. The zero-order valence-corrected chi connectivity index (χ0v) is 18.0. The maximum Gasteiger partial charge on any atom is 0.329 e. The van der Waals surface area contributed by atoms with Gasteiger partial charge in [0.25, 0.3) is 20.0 Å². The van der Waals surface area contributed by atoms with E-state index in [0.717, 1.165) is 0 Å². The molecule has 0 unspecified atom stereocenters. The minimum Gasteiger partial charge on any atom is -0.480 e. The zero-order valence-electron chi connectivity index (χ0n) is 15.5. The van der Waals surface area contributed by atoms with Gasteiger partial charge in [-0.2, -0.15) is 0 Å². The van der Waals surface area contributed by atoms with Crippen LogP contribution in [-0.2, 0) is 39.1 Å². The van der Waals surface area contributed by atoms with Crippen LogP contribution in [0.15, 0.2) is 33.5 Å². The molecule has 1 amide bonds. The Morgan fingerprint density at radius 3 is 2.19 bits per heavy atom. The number of amides is 1. The first-order chi connectivity index (χ1) is 14.5. The number of aromatic nitrogens is 2. The second-order valence-corrected chi connectivity index (χ2v) is 9.99. The van der Waals surface area contributed by atoms with Gasteiger partial charge < -0.3 is 19.9 Å². The Bertz CT molecular complexity index is 1130. The normalized spacial score (nSPS) is 11.8. The van der Waals surface area contributed by atoms with Gasteiger partial charge in [0.1, 0.15) is 13.2 Å². The molecule has 2 aromatic rings. The van der Waals surface area contributed by atoms with Gasteiger partial charge in [0.15, 0.2) is 0 Å². The molecular weight excluding hydrogens is 478 g/mol. The number of aliphatic carboxylic acids is 1. The summed E-state index contributed by atoms with van der Waals surface area (Å²) in [4.78, 5) is 21.9. The fraction of sp³-hybridized carbons (Fsp3) is 0.286. The van der Waals surface area contributed by atoms with Crippen LogP contribution in [0.1, 0.15) is 0 Å². The van der Waals surface area contributed by atoms with E-state index in [-0.39, 0.29) is 29.8 Å². The molecule has 0 fully saturated rings. The standard InChI is InChI=1S/C14H17N5O9S3/c15-30(23,24)14-18-17-13(29-14)19-31(25,26)10-3-1-9(2-4-10)16-11(20)7-27-5-6-28-8-12(21)22/h1-4H,5-8H2,(H,16,20)(H,17,19)(H,21,22)(H2,15,23,24). The van der Waals surface area contributed by atoms with Crippen LogP contribution in [0.3, 0.4) is 0 Å². The van der Waals surface area contributed by atoms with Crippen molar-refractivity contribution in [2.24, 2.45) is 5.14 Å². The van der Waals surface area contributed by atoms with E-state index in [1.807, 2.05) is 0 Å². The number of nitrogens with two attached hydrogens (primary N) is 1. The van der Waals surface area contributed by atoms with Crippen LogP contribution in [0.4, 0.5) is 10.8 Å². The number of carboxylic acids is 1. The lowest BCUT2D eigenvalue weighted by Crippen LogP contribution is -2.20. The van der Waals surface area contributed by atoms with Crippen molar-refractivity contribution in [3.63, 3.8) is 0 Å². The molecule has 0 aliphatic rings. The molecule has 0 saturated carbocycles. The number of carbonyl (C=O) groups is 2. The molecule has 17 heteroatoms. The Hall–Kier alpha value is -2.70. The minimum atomic E-state index is -4.11. The van der Waals surface area contributed by atoms with E-state index in [0.29, 0.717) is 17.0 Å². The third kappa shape index (κ3) is 8.15. The number of anilines is 2. The summed E-state index contributed by atoms with van der Waals surface area (Å²) < 4.78 is 58.4. The first-order valence-electron chi connectivity index (χ1n) is 8.14. The molecule has 0 atom stereocenters. The van der Waals surface area contributed by atoms with E-state index in [1.165, 1.54) is 24.3 Å². The smallest absolute Gasteiger partial charge is 0.329 e. The van der Waals surface area contributed by atoms with Crippen molar-refractivity contribution in [1.82, 2.24) is 10.2 Å². The first kappa shape index (κ1) is 24.6. The molecule has 1 aromatic carbocycles. The van der Waals surface area contributed by atoms with Crippen molar-refractivity contribution >= 4 is 54.1 Å². The van der Waals surface area contributed by atoms with Gasteiger partial charge in [-0.3, -0.25) is 9.52 Å². The topological polar surface area (TPSA) is 217 Å². The van der Waals surface area contributed by atoms with E-state index in [9.17, 15) is 26.4 Å². The van der Waals surface area contributed by atoms with E-state index in [2.05, 4.69) is 20.2 Å². The average molecular weight is 496 g/mol. The van der Waals surface area contributed by atoms with Crippen LogP contribution in [0.2, 0.25) is 0 Å². The third-order valence-electron chi connectivity index (χ3n) is 3.15. The molecule has 1 heterocycles. The first-order valence-corrected chi connectivity index (χ1v) is 12.0. The molecule has 0 radical (unpaired) electrons. The molecule has 31 heavy (non-hydrogen) atoms. The molecule has 0 saturated heterocycles. The molecule has 14 nitrogen and oxygen atoms in total. The number of carboxylic acid groups (broad SMARTS) is 1. The Kier molecular flexibility index (Phi) is 8.36. The van der Waals surface area contributed by atoms with Crippen molar-refractivity contribution in [1.29, 1.82) is 0 Å². The second kappa shape index (κ2) is 10.6. The molecule has 1 aromatic heterocycles. The number of rotatable bonds is 12. The Morgan fingerprint density at radius 2 is 1.65 bits per heavy atom. The van der Waals surface area contributed by atoms with Crippen molar-refractivity contribution < 1.29 is 41.0 Å². The van der Waals surface area contributed by atoms with Gasteiger partial charge in [0.05, 0.1) is 18.1 Å². The summed E-state index contributed by atoms with van der Waals surface area (Å²) >= 11 is 0.452. The number of hydrogen-bond acceptors (Lipinski definition) is 11. The van der Waals surface area contributed by atoms with Crippen LogP contribution >= 0.6 is 11.3 Å². The Morgan fingerprint density at radius 1 is 1.03 bits per heavy atom. The maximum atomic E-state index is 12.4. The molecule has 0 bridgehead atoms. The average Bonchev–Trinajstić information content (AvgIpc) is 3.13. The summed E-state index contributed by atoms with van der Waals surface area (Å²) in [7, 11) is -8.20. The van der Waals surface area contributed by atoms with Crippen molar-refractivity contribution in [3.8, 4) is 0 Å². The highest BCUT2D eigenvalue weighted by Gasteiger charge is 2.20. The van der Waals surface area contributed by atoms with E-state index < -0.39 is 42.9 Å². The van der Waals surface area contributed by atoms with Gasteiger partial charge in [0.2, 0.25) is 15.4 Å².